The highest BCUT2D eigenvalue weighted by Crippen LogP contribution is 2.32. The van der Waals surface area contributed by atoms with Gasteiger partial charge in [0.25, 0.3) is 0 Å². The molecule has 0 saturated carbocycles. The molecule has 0 N–H and O–H groups in total. The van der Waals surface area contributed by atoms with Crippen LogP contribution in [0.4, 0.5) is 0 Å². The number of methoxy groups -OCH3 is 1. The molecule has 3 rings (SSSR count). The van der Waals surface area contributed by atoms with Crippen molar-refractivity contribution >= 4 is 26.7 Å². The molecule has 19 heavy (non-hydrogen) atoms. The molecule has 94 valence electrons. The third-order valence-electron chi connectivity index (χ3n) is 3.22. The molecular weight excluding hydrogens is 300 g/mol. The summed E-state index contributed by atoms with van der Waals surface area (Å²) in [6, 6.07) is 20.9. The fraction of sp³-hybridized carbons (Fsp3) is 0.0588. The summed E-state index contributed by atoms with van der Waals surface area (Å²) in [5.74, 6) is 0.902. The Morgan fingerprint density at radius 2 is 1.58 bits per heavy atom. The quantitative estimate of drug-likeness (QED) is 0.625. The number of rotatable bonds is 2. The van der Waals surface area contributed by atoms with Crippen molar-refractivity contribution in [3.8, 4) is 16.9 Å². The zero-order valence-corrected chi connectivity index (χ0v) is 12.1. The number of ether oxygens (including phenoxy) is 1. The molecule has 3 aromatic carbocycles. The van der Waals surface area contributed by atoms with Crippen LogP contribution < -0.4 is 4.74 Å². The van der Waals surface area contributed by atoms with Crippen LogP contribution >= 0.6 is 15.9 Å². The van der Waals surface area contributed by atoms with E-state index < -0.39 is 0 Å². The second-order valence-electron chi connectivity index (χ2n) is 4.41. The van der Waals surface area contributed by atoms with Gasteiger partial charge in [-0.1, -0.05) is 52.3 Å². The van der Waals surface area contributed by atoms with E-state index in [2.05, 4.69) is 58.4 Å². The van der Waals surface area contributed by atoms with Crippen molar-refractivity contribution in [1.82, 2.24) is 0 Å². The zero-order valence-electron chi connectivity index (χ0n) is 10.6. The molecule has 0 aliphatic carbocycles. The largest absolute Gasteiger partial charge is 0.496 e. The average Bonchev–Trinajstić information content (AvgIpc) is 2.46. The Kier molecular flexibility index (Phi) is 3.26. The van der Waals surface area contributed by atoms with Gasteiger partial charge in [0.1, 0.15) is 5.75 Å². The van der Waals surface area contributed by atoms with Crippen LogP contribution in [0.1, 0.15) is 0 Å². The van der Waals surface area contributed by atoms with E-state index in [1.807, 2.05) is 18.2 Å². The zero-order chi connectivity index (χ0) is 13.2. The number of benzene rings is 3. The van der Waals surface area contributed by atoms with Crippen LogP contribution in [-0.4, -0.2) is 7.11 Å². The molecule has 0 heterocycles. The number of hydrogen-bond donors (Lipinski definition) is 0. The van der Waals surface area contributed by atoms with Crippen molar-refractivity contribution in [2.75, 3.05) is 7.11 Å². The lowest BCUT2D eigenvalue weighted by molar-refractivity contribution is 0.416. The Morgan fingerprint density at radius 1 is 0.842 bits per heavy atom. The summed E-state index contributed by atoms with van der Waals surface area (Å²) in [6.07, 6.45) is 0. The van der Waals surface area contributed by atoms with Gasteiger partial charge in [0, 0.05) is 10.0 Å². The summed E-state index contributed by atoms with van der Waals surface area (Å²) in [5, 5.41) is 2.46. The van der Waals surface area contributed by atoms with E-state index in [4.69, 9.17) is 4.74 Å². The molecule has 0 aliphatic heterocycles. The minimum Gasteiger partial charge on any atom is -0.496 e. The third kappa shape index (κ3) is 2.36. The molecule has 0 aromatic heterocycles. The highest BCUT2D eigenvalue weighted by molar-refractivity contribution is 9.10. The minimum absolute atomic E-state index is 0.902. The molecular formula is C17H13BrO. The van der Waals surface area contributed by atoms with Crippen LogP contribution in [0.15, 0.2) is 65.1 Å². The Bertz CT molecular complexity index is 734. The molecule has 0 unspecified atom stereocenters. The molecule has 0 radical (unpaired) electrons. The second kappa shape index (κ2) is 5.06. The predicted octanol–water partition coefficient (Wildman–Crippen LogP) is 5.28. The van der Waals surface area contributed by atoms with Gasteiger partial charge in [-0.2, -0.15) is 0 Å². The predicted molar refractivity (Wildman–Crippen MR) is 83.6 cm³/mol. The van der Waals surface area contributed by atoms with Gasteiger partial charge in [0.2, 0.25) is 0 Å². The van der Waals surface area contributed by atoms with E-state index in [0.717, 1.165) is 15.8 Å². The molecule has 1 nitrogen and oxygen atoms in total. The maximum absolute atomic E-state index is 5.42. The van der Waals surface area contributed by atoms with Crippen LogP contribution in [-0.2, 0) is 0 Å². The molecule has 0 aliphatic rings. The van der Waals surface area contributed by atoms with Crippen LogP contribution in [0.5, 0.6) is 5.75 Å². The van der Waals surface area contributed by atoms with E-state index in [-0.39, 0.29) is 0 Å². The van der Waals surface area contributed by atoms with Gasteiger partial charge < -0.3 is 4.74 Å². The Balaban J connectivity index is 2.18. The monoisotopic (exact) mass is 312 g/mol. The summed E-state index contributed by atoms with van der Waals surface area (Å²) < 4.78 is 6.53. The molecule has 0 bridgehead atoms. The Hall–Kier alpha value is -1.80. The van der Waals surface area contributed by atoms with E-state index in [9.17, 15) is 0 Å². The molecule has 0 atom stereocenters. The molecule has 3 aromatic rings. The number of hydrogen-bond acceptors (Lipinski definition) is 1. The lowest BCUT2D eigenvalue weighted by atomic mass is 10.0. The Morgan fingerprint density at radius 3 is 2.42 bits per heavy atom. The van der Waals surface area contributed by atoms with Crippen LogP contribution in [0.25, 0.3) is 21.9 Å². The second-order valence-corrected chi connectivity index (χ2v) is 5.32. The van der Waals surface area contributed by atoms with Gasteiger partial charge in [0.15, 0.2) is 0 Å². The first-order chi connectivity index (χ1) is 9.28. The van der Waals surface area contributed by atoms with Crippen LogP contribution in [0.2, 0.25) is 0 Å². The van der Waals surface area contributed by atoms with E-state index in [0.29, 0.717) is 0 Å². The fourth-order valence-electron chi connectivity index (χ4n) is 2.27. The highest BCUT2D eigenvalue weighted by atomic mass is 79.9. The lowest BCUT2D eigenvalue weighted by Gasteiger charge is -2.09. The van der Waals surface area contributed by atoms with Gasteiger partial charge in [-0.3, -0.25) is 0 Å². The van der Waals surface area contributed by atoms with Crippen molar-refractivity contribution in [2.24, 2.45) is 0 Å². The van der Waals surface area contributed by atoms with E-state index in [1.54, 1.807) is 7.11 Å². The van der Waals surface area contributed by atoms with E-state index in [1.165, 1.54) is 16.3 Å². The molecule has 0 amide bonds. The first-order valence-corrected chi connectivity index (χ1v) is 6.90. The molecule has 0 fully saturated rings. The van der Waals surface area contributed by atoms with Crippen molar-refractivity contribution in [3.63, 3.8) is 0 Å². The van der Waals surface area contributed by atoms with Gasteiger partial charge in [-0.15, -0.1) is 0 Å². The summed E-state index contributed by atoms with van der Waals surface area (Å²) in [4.78, 5) is 0. The van der Waals surface area contributed by atoms with E-state index >= 15 is 0 Å². The van der Waals surface area contributed by atoms with Crippen LogP contribution in [0, 0.1) is 0 Å². The fourth-order valence-corrected chi connectivity index (χ4v) is 2.65. The van der Waals surface area contributed by atoms with Crippen molar-refractivity contribution in [1.29, 1.82) is 0 Å². The number of para-hydroxylation sites is 1. The first kappa shape index (κ1) is 12.2. The minimum atomic E-state index is 0.902. The van der Waals surface area contributed by atoms with Gasteiger partial charge in [-0.25, -0.2) is 0 Å². The van der Waals surface area contributed by atoms with Crippen molar-refractivity contribution in [3.05, 3.63) is 65.1 Å². The standard InChI is InChI=1S/C17H13BrO/c1-19-17-5-3-2-4-16(17)14-7-6-13-11-15(18)9-8-12(13)10-14/h2-11H,1H3. The number of fused-ring (bicyclic) bond motifs is 1. The molecule has 2 heteroatoms. The summed E-state index contributed by atoms with van der Waals surface area (Å²) in [5.41, 5.74) is 2.29. The maximum atomic E-state index is 5.42. The first-order valence-electron chi connectivity index (χ1n) is 6.10. The van der Waals surface area contributed by atoms with Gasteiger partial charge >= 0.3 is 0 Å². The van der Waals surface area contributed by atoms with Gasteiger partial charge in [0.05, 0.1) is 7.11 Å². The topological polar surface area (TPSA) is 9.23 Å². The van der Waals surface area contributed by atoms with Crippen molar-refractivity contribution in [2.45, 2.75) is 0 Å². The maximum Gasteiger partial charge on any atom is 0.126 e. The summed E-state index contributed by atoms with van der Waals surface area (Å²) >= 11 is 3.50. The SMILES string of the molecule is COc1ccccc1-c1ccc2cc(Br)ccc2c1. The molecule has 0 saturated heterocycles. The van der Waals surface area contributed by atoms with Crippen molar-refractivity contribution < 1.29 is 4.74 Å². The van der Waals surface area contributed by atoms with Gasteiger partial charge in [-0.05, 0) is 40.6 Å². The smallest absolute Gasteiger partial charge is 0.126 e. The highest BCUT2D eigenvalue weighted by Gasteiger charge is 2.05. The summed E-state index contributed by atoms with van der Waals surface area (Å²) in [7, 11) is 1.71. The normalized spacial score (nSPS) is 10.6. The third-order valence-corrected chi connectivity index (χ3v) is 3.71. The molecule has 0 spiro atoms. The lowest BCUT2D eigenvalue weighted by Crippen LogP contribution is -1.87. The van der Waals surface area contributed by atoms with Crippen LogP contribution in [0.3, 0.4) is 0 Å². The Labute approximate surface area is 121 Å². The number of halogens is 1. The summed E-state index contributed by atoms with van der Waals surface area (Å²) in [6.45, 7) is 0. The average molecular weight is 313 g/mol.